The Hall–Kier alpha value is -1.07. The summed E-state index contributed by atoms with van der Waals surface area (Å²) in [5.41, 5.74) is 0.889. The molecule has 0 saturated carbocycles. The lowest BCUT2D eigenvalue weighted by molar-refractivity contribution is 0.117. The smallest absolute Gasteiger partial charge is 0.415 e. The van der Waals surface area contributed by atoms with Crippen molar-refractivity contribution >= 4 is 27.7 Å². The van der Waals surface area contributed by atoms with Gasteiger partial charge in [0.1, 0.15) is 6.10 Å². The summed E-state index contributed by atoms with van der Waals surface area (Å²) in [4.78, 5) is 13.7. The zero-order valence-electron chi connectivity index (χ0n) is 9.23. The lowest BCUT2D eigenvalue weighted by Crippen LogP contribution is -2.49. The number of rotatable bonds is 1. The van der Waals surface area contributed by atoms with Crippen LogP contribution in [0.3, 0.4) is 0 Å². The van der Waals surface area contributed by atoms with E-state index >= 15 is 0 Å². The number of ether oxygens (including phenoxy) is 1. The third kappa shape index (κ3) is 1.93. The second-order valence-corrected chi connectivity index (χ2v) is 5.25. The summed E-state index contributed by atoms with van der Waals surface area (Å²) in [5, 5.41) is 3.31. The van der Waals surface area contributed by atoms with Crippen LogP contribution in [-0.4, -0.2) is 31.3 Å². The highest BCUT2D eigenvalue weighted by Gasteiger charge is 2.43. The van der Waals surface area contributed by atoms with Crippen molar-refractivity contribution in [3.63, 3.8) is 0 Å². The molecular weight excluding hydrogens is 284 g/mol. The van der Waals surface area contributed by atoms with Crippen molar-refractivity contribution in [2.24, 2.45) is 0 Å². The Labute approximate surface area is 108 Å². The van der Waals surface area contributed by atoms with Gasteiger partial charge in [0.05, 0.1) is 6.04 Å². The number of fused-ring (bicyclic) bond motifs is 1. The topological polar surface area (TPSA) is 41.6 Å². The number of amides is 1. The zero-order valence-corrected chi connectivity index (χ0v) is 10.8. The maximum atomic E-state index is 11.9. The maximum absolute atomic E-state index is 11.9. The lowest BCUT2D eigenvalue weighted by Gasteiger charge is -2.28. The van der Waals surface area contributed by atoms with E-state index in [0.717, 1.165) is 29.7 Å². The van der Waals surface area contributed by atoms with Crippen LogP contribution in [0.2, 0.25) is 0 Å². The predicted molar refractivity (Wildman–Crippen MR) is 68.2 cm³/mol. The molecule has 1 N–H and O–H groups in total. The van der Waals surface area contributed by atoms with E-state index in [2.05, 4.69) is 21.2 Å². The molecule has 0 aromatic heterocycles. The summed E-state index contributed by atoms with van der Waals surface area (Å²) in [5.74, 6) is 0. The van der Waals surface area contributed by atoms with Crippen LogP contribution in [0.5, 0.6) is 0 Å². The van der Waals surface area contributed by atoms with Gasteiger partial charge in [-0.05, 0) is 31.2 Å². The molecule has 2 saturated heterocycles. The minimum atomic E-state index is -0.234. The van der Waals surface area contributed by atoms with Crippen molar-refractivity contribution in [1.82, 2.24) is 5.32 Å². The summed E-state index contributed by atoms with van der Waals surface area (Å²) in [7, 11) is 0. The van der Waals surface area contributed by atoms with Crippen LogP contribution in [0.25, 0.3) is 0 Å². The zero-order chi connectivity index (χ0) is 11.8. The number of anilines is 1. The lowest BCUT2D eigenvalue weighted by atomic mass is 10.0. The second-order valence-electron chi connectivity index (χ2n) is 4.33. The minimum absolute atomic E-state index is 0.0303. The third-order valence-corrected chi connectivity index (χ3v) is 3.75. The number of hydrogen-bond donors (Lipinski definition) is 1. The van der Waals surface area contributed by atoms with Gasteiger partial charge in [-0.3, -0.25) is 4.90 Å². The van der Waals surface area contributed by atoms with Gasteiger partial charge in [0.15, 0.2) is 0 Å². The average Bonchev–Trinajstić information content (AvgIpc) is 2.64. The molecule has 2 atom stereocenters. The van der Waals surface area contributed by atoms with Gasteiger partial charge >= 0.3 is 6.09 Å². The molecule has 0 aliphatic carbocycles. The quantitative estimate of drug-likeness (QED) is 0.863. The van der Waals surface area contributed by atoms with E-state index in [0.29, 0.717) is 0 Å². The van der Waals surface area contributed by atoms with Gasteiger partial charge in [-0.15, -0.1) is 0 Å². The predicted octanol–water partition coefficient (Wildman–Crippen LogP) is 2.14. The molecule has 1 amide bonds. The Bertz CT molecular complexity index is 452. The fraction of sp³-hybridized carbons (Fsp3) is 0.417. The van der Waals surface area contributed by atoms with E-state index in [1.54, 1.807) is 4.90 Å². The van der Waals surface area contributed by atoms with Crippen LogP contribution in [-0.2, 0) is 4.74 Å². The highest BCUT2D eigenvalue weighted by molar-refractivity contribution is 9.10. The molecule has 0 bridgehead atoms. The van der Waals surface area contributed by atoms with Gasteiger partial charge < -0.3 is 10.1 Å². The molecule has 17 heavy (non-hydrogen) atoms. The molecule has 2 aliphatic rings. The third-order valence-electron chi connectivity index (χ3n) is 3.26. The number of hydrogen-bond acceptors (Lipinski definition) is 3. The molecule has 4 nitrogen and oxygen atoms in total. The molecule has 0 radical (unpaired) electrons. The van der Waals surface area contributed by atoms with Gasteiger partial charge in [0.2, 0.25) is 0 Å². The van der Waals surface area contributed by atoms with E-state index in [1.165, 1.54) is 0 Å². The largest absolute Gasteiger partial charge is 0.444 e. The minimum Gasteiger partial charge on any atom is -0.444 e. The molecule has 3 rings (SSSR count). The summed E-state index contributed by atoms with van der Waals surface area (Å²) < 4.78 is 6.37. The summed E-state index contributed by atoms with van der Waals surface area (Å²) in [6, 6.07) is 7.87. The van der Waals surface area contributed by atoms with E-state index < -0.39 is 0 Å². The second kappa shape index (κ2) is 4.31. The number of piperidine rings is 1. The first-order chi connectivity index (χ1) is 8.25. The summed E-state index contributed by atoms with van der Waals surface area (Å²) in [6.45, 7) is 1.71. The number of carbonyl (C=O) groups excluding carboxylic acids is 1. The first-order valence-corrected chi connectivity index (χ1v) is 6.51. The van der Waals surface area contributed by atoms with Crippen LogP contribution in [0.15, 0.2) is 28.7 Å². The molecule has 2 heterocycles. The maximum Gasteiger partial charge on any atom is 0.415 e. The van der Waals surface area contributed by atoms with Crippen LogP contribution < -0.4 is 10.2 Å². The van der Waals surface area contributed by atoms with E-state index in [9.17, 15) is 4.79 Å². The van der Waals surface area contributed by atoms with Crippen LogP contribution in [0, 0.1) is 0 Å². The Kier molecular flexibility index (Phi) is 2.80. The molecule has 2 aliphatic heterocycles. The molecule has 90 valence electrons. The van der Waals surface area contributed by atoms with Crippen molar-refractivity contribution in [3.8, 4) is 0 Å². The number of benzene rings is 1. The van der Waals surface area contributed by atoms with Crippen molar-refractivity contribution in [2.75, 3.05) is 18.0 Å². The molecule has 2 unspecified atom stereocenters. The van der Waals surface area contributed by atoms with Gasteiger partial charge in [-0.1, -0.05) is 22.0 Å². The Morgan fingerprint density at radius 2 is 2.35 bits per heavy atom. The number of carbonyl (C=O) groups is 1. The van der Waals surface area contributed by atoms with Crippen molar-refractivity contribution < 1.29 is 9.53 Å². The molecule has 0 spiro atoms. The monoisotopic (exact) mass is 296 g/mol. The van der Waals surface area contributed by atoms with Crippen molar-refractivity contribution in [1.29, 1.82) is 0 Å². The van der Waals surface area contributed by atoms with E-state index in [1.807, 2.05) is 24.3 Å². The fourth-order valence-corrected chi connectivity index (χ4v) is 2.84. The van der Waals surface area contributed by atoms with Gasteiger partial charge in [0.25, 0.3) is 0 Å². The fourth-order valence-electron chi connectivity index (χ4n) is 2.46. The molecule has 5 heteroatoms. The van der Waals surface area contributed by atoms with Gasteiger partial charge in [0, 0.05) is 16.7 Å². The Morgan fingerprint density at radius 3 is 3.18 bits per heavy atom. The van der Waals surface area contributed by atoms with Gasteiger partial charge in [-0.25, -0.2) is 4.79 Å². The first kappa shape index (κ1) is 11.0. The van der Waals surface area contributed by atoms with Crippen molar-refractivity contribution in [3.05, 3.63) is 28.7 Å². The summed E-state index contributed by atoms with van der Waals surface area (Å²) in [6.07, 6.45) is 0.686. The van der Waals surface area contributed by atoms with Crippen LogP contribution in [0.1, 0.15) is 6.42 Å². The van der Waals surface area contributed by atoms with Crippen LogP contribution >= 0.6 is 15.9 Å². The number of nitrogens with one attached hydrogen (secondary N) is 1. The SMILES string of the molecule is O=C1OC2CCNCC2N1c1cccc(Br)c1. The highest BCUT2D eigenvalue weighted by Crippen LogP contribution is 2.30. The van der Waals surface area contributed by atoms with Gasteiger partial charge in [-0.2, -0.15) is 0 Å². The normalized spacial score (nSPS) is 27.8. The van der Waals surface area contributed by atoms with Crippen molar-refractivity contribution in [2.45, 2.75) is 18.6 Å². The molecule has 2 fully saturated rings. The Balaban J connectivity index is 1.93. The Morgan fingerprint density at radius 1 is 1.47 bits per heavy atom. The summed E-state index contributed by atoms with van der Waals surface area (Å²) >= 11 is 3.42. The van der Waals surface area contributed by atoms with E-state index in [-0.39, 0.29) is 18.2 Å². The van der Waals surface area contributed by atoms with Crippen LogP contribution in [0.4, 0.5) is 10.5 Å². The average molecular weight is 297 g/mol. The first-order valence-electron chi connectivity index (χ1n) is 5.72. The number of nitrogens with zero attached hydrogens (tertiary/aromatic N) is 1. The molecule has 1 aromatic rings. The molecular formula is C12H13BrN2O2. The van der Waals surface area contributed by atoms with E-state index in [4.69, 9.17) is 4.74 Å². The highest BCUT2D eigenvalue weighted by atomic mass is 79.9. The standard InChI is InChI=1S/C12H13BrN2O2/c13-8-2-1-3-9(6-8)15-10-7-14-5-4-11(10)17-12(15)16/h1-3,6,10-11,14H,4-5,7H2. The number of halogens is 1. The molecule has 1 aromatic carbocycles.